The lowest BCUT2D eigenvalue weighted by atomic mass is 10.0. The number of aromatic nitrogens is 2. The van der Waals surface area contributed by atoms with Gasteiger partial charge >= 0.3 is 5.97 Å². The maximum atomic E-state index is 10.9. The second-order valence-corrected chi connectivity index (χ2v) is 4.23. The number of carbonyl (C=O) groups is 1. The first-order valence-electron chi connectivity index (χ1n) is 4.78. The van der Waals surface area contributed by atoms with Gasteiger partial charge in [-0.1, -0.05) is 11.6 Å². The lowest BCUT2D eigenvalue weighted by Gasteiger charge is -2.20. The molecule has 0 amide bonds. The van der Waals surface area contributed by atoms with E-state index >= 15 is 0 Å². The van der Waals surface area contributed by atoms with Crippen LogP contribution in [-0.2, 0) is 4.79 Å². The molecule has 1 aliphatic rings. The van der Waals surface area contributed by atoms with Crippen molar-refractivity contribution in [2.75, 3.05) is 18.0 Å². The van der Waals surface area contributed by atoms with Crippen molar-refractivity contribution in [1.29, 1.82) is 0 Å². The van der Waals surface area contributed by atoms with E-state index in [0.717, 1.165) is 0 Å². The van der Waals surface area contributed by atoms with E-state index in [-0.39, 0.29) is 6.54 Å². The molecule has 1 fully saturated rings. The van der Waals surface area contributed by atoms with Crippen molar-refractivity contribution in [3.63, 3.8) is 0 Å². The van der Waals surface area contributed by atoms with Crippen LogP contribution < -0.4 is 10.6 Å². The fourth-order valence-corrected chi connectivity index (χ4v) is 1.78. The smallest absolute Gasteiger partial charge is 0.325 e. The molecule has 0 aromatic carbocycles. The second kappa shape index (κ2) is 3.88. The number of carboxylic acids is 1. The summed E-state index contributed by atoms with van der Waals surface area (Å²) in [6, 6.07) is 3.31. The maximum absolute atomic E-state index is 10.9. The van der Waals surface area contributed by atoms with E-state index in [2.05, 4.69) is 10.2 Å². The Morgan fingerprint density at radius 3 is 2.81 bits per heavy atom. The van der Waals surface area contributed by atoms with Crippen LogP contribution in [-0.4, -0.2) is 39.9 Å². The lowest BCUT2D eigenvalue weighted by molar-refractivity contribution is -0.142. The van der Waals surface area contributed by atoms with Crippen LogP contribution in [0.1, 0.15) is 6.42 Å². The molecule has 1 aromatic rings. The topological polar surface area (TPSA) is 92.3 Å². The Kier molecular flexibility index (Phi) is 2.69. The van der Waals surface area contributed by atoms with Crippen LogP contribution in [0.15, 0.2) is 12.1 Å². The molecule has 1 saturated heterocycles. The molecule has 1 aliphatic heterocycles. The van der Waals surface area contributed by atoms with Crippen molar-refractivity contribution in [2.24, 2.45) is 5.73 Å². The third-order valence-electron chi connectivity index (χ3n) is 2.67. The summed E-state index contributed by atoms with van der Waals surface area (Å²) in [7, 11) is 0. The second-order valence-electron chi connectivity index (χ2n) is 3.85. The number of hydrogen-bond acceptors (Lipinski definition) is 5. The number of halogens is 1. The van der Waals surface area contributed by atoms with Gasteiger partial charge in [0.25, 0.3) is 0 Å². The molecule has 1 aromatic heterocycles. The fraction of sp³-hybridized carbons (Fsp3) is 0.444. The van der Waals surface area contributed by atoms with Gasteiger partial charge in [-0.25, -0.2) is 0 Å². The van der Waals surface area contributed by atoms with E-state index < -0.39 is 11.5 Å². The van der Waals surface area contributed by atoms with Gasteiger partial charge in [0.1, 0.15) is 5.54 Å². The number of carboxylic acid groups (broad SMARTS) is 1. The largest absolute Gasteiger partial charge is 0.480 e. The quantitative estimate of drug-likeness (QED) is 0.766. The van der Waals surface area contributed by atoms with Crippen molar-refractivity contribution >= 4 is 23.4 Å². The molecular weight excluding hydrogens is 232 g/mol. The van der Waals surface area contributed by atoms with Gasteiger partial charge in [0.05, 0.1) is 0 Å². The summed E-state index contributed by atoms with van der Waals surface area (Å²) in [6.45, 7) is 0.789. The average molecular weight is 243 g/mol. The minimum Gasteiger partial charge on any atom is -0.480 e. The number of hydrogen-bond donors (Lipinski definition) is 2. The van der Waals surface area contributed by atoms with Gasteiger partial charge < -0.3 is 15.7 Å². The highest BCUT2D eigenvalue weighted by molar-refractivity contribution is 6.29. The predicted octanol–water partition coefficient (Wildman–Crippen LogP) is 0.122. The van der Waals surface area contributed by atoms with Gasteiger partial charge in [-0.2, -0.15) is 0 Å². The molecule has 7 heteroatoms. The summed E-state index contributed by atoms with van der Waals surface area (Å²) >= 11 is 5.61. The minimum absolute atomic E-state index is 0.235. The third-order valence-corrected chi connectivity index (χ3v) is 2.87. The van der Waals surface area contributed by atoms with Gasteiger partial charge in [0.15, 0.2) is 11.0 Å². The number of aliphatic carboxylic acids is 1. The molecule has 0 spiro atoms. The molecule has 0 aliphatic carbocycles. The first kappa shape index (κ1) is 11.1. The summed E-state index contributed by atoms with van der Waals surface area (Å²) in [6.07, 6.45) is 0.395. The summed E-state index contributed by atoms with van der Waals surface area (Å²) in [5.74, 6) is -0.394. The molecule has 2 heterocycles. The van der Waals surface area contributed by atoms with Crippen LogP contribution in [0.25, 0.3) is 0 Å². The SMILES string of the molecule is NC1(C(=O)O)CCN(c2ccc(Cl)nn2)C1. The number of rotatable bonds is 2. The van der Waals surface area contributed by atoms with Crippen molar-refractivity contribution in [3.05, 3.63) is 17.3 Å². The average Bonchev–Trinajstić information content (AvgIpc) is 2.63. The number of anilines is 1. The number of nitrogens with zero attached hydrogens (tertiary/aromatic N) is 3. The minimum atomic E-state index is -1.19. The highest BCUT2D eigenvalue weighted by Gasteiger charge is 2.41. The van der Waals surface area contributed by atoms with Crippen LogP contribution in [0.3, 0.4) is 0 Å². The van der Waals surface area contributed by atoms with Gasteiger partial charge in [-0.05, 0) is 18.6 Å². The molecule has 6 nitrogen and oxygen atoms in total. The van der Waals surface area contributed by atoms with Crippen LogP contribution in [0, 0.1) is 0 Å². The Bertz CT molecular complexity index is 410. The first-order valence-corrected chi connectivity index (χ1v) is 5.15. The van der Waals surface area contributed by atoms with Gasteiger partial charge in [0, 0.05) is 13.1 Å². The van der Waals surface area contributed by atoms with Crippen molar-refractivity contribution in [1.82, 2.24) is 10.2 Å². The lowest BCUT2D eigenvalue weighted by Crippen LogP contribution is -2.50. The Labute approximate surface area is 97.0 Å². The van der Waals surface area contributed by atoms with Crippen LogP contribution >= 0.6 is 11.6 Å². The Balaban J connectivity index is 2.15. The highest BCUT2D eigenvalue weighted by atomic mass is 35.5. The van der Waals surface area contributed by atoms with E-state index in [1.165, 1.54) is 0 Å². The zero-order valence-corrected chi connectivity index (χ0v) is 9.18. The van der Waals surface area contributed by atoms with Gasteiger partial charge in [-0.15, -0.1) is 10.2 Å². The van der Waals surface area contributed by atoms with Crippen molar-refractivity contribution < 1.29 is 9.90 Å². The van der Waals surface area contributed by atoms with Gasteiger partial charge in [0.2, 0.25) is 0 Å². The highest BCUT2D eigenvalue weighted by Crippen LogP contribution is 2.23. The molecule has 2 rings (SSSR count). The summed E-state index contributed by atoms with van der Waals surface area (Å²) in [5, 5.41) is 16.9. The molecule has 3 N–H and O–H groups in total. The predicted molar refractivity (Wildman–Crippen MR) is 58.4 cm³/mol. The molecule has 0 radical (unpaired) electrons. The van der Waals surface area contributed by atoms with Crippen LogP contribution in [0.2, 0.25) is 5.15 Å². The number of nitrogens with two attached hydrogens (primary N) is 1. The van der Waals surface area contributed by atoms with Crippen LogP contribution in [0.5, 0.6) is 0 Å². The van der Waals surface area contributed by atoms with E-state index in [1.807, 2.05) is 0 Å². The Hall–Kier alpha value is -1.40. The molecule has 0 saturated carbocycles. The summed E-state index contributed by atoms with van der Waals surface area (Å²) in [4.78, 5) is 12.7. The molecule has 1 unspecified atom stereocenters. The standard InChI is InChI=1S/C9H11ClN4O2/c10-6-1-2-7(13-12-6)14-4-3-9(11,5-14)8(15)16/h1-2H,3-5,11H2,(H,15,16). The zero-order valence-electron chi connectivity index (χ0n) is 8.43. The van der Waals surface area contributed by atoms with E-state index in [4.69, 9.17) is 22.4 Å². The third kappa shape index (κ3) is 1.94. The molecule has 0 bridgehead atoms. The van der Waals surface area contributed by atoms with Gasteiger partial charge in [-0.3, -0.25) is 4.79 Å². The summed E-state index contributed by atoms with van der Waals surface area (Å²) in [5.41, 5.74) is 4.55. The monoisotopic (exact) mass is 242 g/mol. The normalized spacial score (nSPS) is 24.8. The Morgan fingerprint density at radius 1 is 1.56 bits per heavy atom. The molecule has 86 valence electrons. The van der Waals surface area contributed by atoms with Crippen molar-refractivity contribution in [3.8, 4) is 0 Å². The Morgan fingerprint density at radius 2 is 2.31 bits per heavy atom. The zero-order chi connectivity index (χ0) is 11.8. The molecule has 1 atom stereocenters. The van der Waals surface area contributed by atoms with E-state index in [0.29, 0.717) is 23.9 Å². The van der Waals surface area contributed by atoms with E-state index in [1.54, 1.807) is 17.0 Å². The summed E-state index contributed by atoms with van der Waals surface area (Å²) < 4.78 is 0. The van der Waals surface area contributed by atoms with E-state index in [9.17, 15) is 4.79 Å². The van der Waals surface area contributed by atoms with Crippen LogP contribution in [0.4, 0.5) is 5.82 Å². The molecule has 16 heavy (non-hydrogen) atoms. The maximum Gasteiger partial charge on any atom is 0.325 e. The fourth-order valence-electron chi connectivity index (χ4n) is 1.68. The van der Waals surface area contributed by atoms with Crippen molar-refractivity contribution in [2.45, 2.75) is 12.0 Å². The molecular formula is C9H11ClN4O2. The first-order chi connectivity index (χ1) is 7.51.